The van der Waals surface area contributed by atoms with Crippen LogP contribution in [0.4, 0.5) is 10.1 Å². The van der Waals surface area contributed by atoms with Crippen molar-refractivity contribution in [3.05, 3.63) is 90.1 Å². The van der Waals surface area contributed by atoms with Gasteiger partial charge < -0.3 is 15.0 Å². The molecule has 2 heterocycles. The summed E-state index contributed by atoms with van der Waals surface area (Å²) >= 11 is 0. The van der Waals surface area contributed by atoms with Gasteiger partial charge in [-0.15, -0.1) is 4.99 Å². The Labute approximate surface area is 239 Å². The number of aromatic amines is 1. The van der Waals surface area contributed by atoms with E-state index in [1.54, 1.807) is 18.2 Å². The number of carbonyl (C=O) groups is 1. The first kappa shape index (κ1) is 27.0. The topological polar surface area (TPSA) is 81.5 Å². The second kappa shape index (κ2) is 12.1. The quantitative estimate of drug-likeness (QED) is 0.247. The van der Waals surface area contributed by atoms with Crippen LogP contribution >= 0.6 is 0 Å². The average molecular weight is 555 g/mol. The van der Waals surface area contributed by atoms with Gasteiger partial charge in [0, 0.05) is 42.7 Å². The van der Waals surface area contributed by atoms with E-state index >= 15 is 0 Å². The van der Waals surface area contributed by atoms with Gasteiger partial charge in [-0.25, -0.2) is 14.3 Å². The molecule has 3 aliphatic rings. The van der Waals surface area contributed by atoms with E-state index in [2.05, 4.69) is 57.6 Å². The van der Waals surface area contributed by atoms with Gasteiger partial charge in [-0.05, 0) is 67.7 Å². The number of aromatic nitrogens is 1. The Morgan fingerprint density at radius 2 is 2.05 bits per heavy atom. The van der Waals surface area contributed by atoms with E-state index in [0.717, 1.165) is 49.8 Å². The van der Waals surface area contributed by atoms with Gasteiger partial charge in [-0.3, -0.25) is 4.79 Å². The smallest absolute Gasteiger partial charge is 0.392 e. The number of hydrogen-bond donors (Lipinski definition) is 3. The van der Waals surface area contributed by atoms with Crippen LogP contribution in [0.25, 0.3) is 10.9 Å². The predicted octanol–water partition coefficient (Wildman–Crippen LogP) is 5.71. The zero-order valence-electron chi connectivity index (χ0n) is 23.4. The lowest BCUT2D eigenvalue weighted by Crippen LogP contribution is -2.38. The summed E-state index contributed by atoms with van der Waals surface area (Å²) in [7, 11) is 0. The van der Waals surface area contributed by atoms with Gasteiger partial charge in [-0.1, -0.05) is 37.3 Å². The Morgan fingerprint density at radius 3 is 2.93 bits per heavy atom. The number of para-hydroxylation sites is 2. The number of halogens is 1. The molecule has 3 aromatic rings. The van der Waals surface area contributed by atoms with Crippen molar-refractivity contribution in [3.63, 3.8) is 0 Å². The van der Waals surface area contributed by atoms with Gasteiger partial charge in [-0.2, -0.15) is 0 Å². The Balaban J connectivity index is 1.06. The van der Waals surface area contributed by atoms with Crippen LogP contribution < -0.4 is 10.6 Å². The number of fused-ring (bicyclic) bond motifs is 2. The van der Waals surface area contributed by atoms with E-state index in [9.17, 15) is 9.18 Å². The highest BCUT2D eigenvalue weighted by atomic mass is 19.1. The molecule has 0 saturated carbocycles. The molecule has 6 rings (SSSR count). The number of allylic oxidation sites excluding steroid dienone is 1. The maximum absolute atomic E-state index is 14.3. The van der Waals surface area contributed by atoms with Crippen LogP contribution in [-0.4, -0.2) is 52.4 Å². The maximum atomic E-state index is 14.3. The van der Waals surface area contributed by atoms with Gasteiger partial charge in [0.2, 0.25) is 5.91 Å². The first-order valence-corrected chi connectivity index (χ1v) is 14.7. The molecular formula is C33H37FN5O2+. The number of amides is 1. The lowest BCUT2D eigenvalue weighted by molar-refractivity contribution is -0.429. The van der Waals surface area contributed by atoms with Crippen molar-refractivity contribution in [3.8, 4) is 0 Å². The Kier molecular flexibility index (Phi) is 7.98. The first-order valence-electron chi connectivity index (χ1n) is 14.7. The standard InChI is InChI=1S/C33H36FN5O2/c1-2-18-39-31-15-14-25(20-30(31)38-33(39)37-29-13-6-4-11-27(29)34)41-24-9-7-8-22(19-24)32(40)35-17-16-23-21-36-28-12-5-3-10-26(23)28/h3-6,10-15,18-19,21-22,25,30-31,36H,2,7-9,16-17,20H2,1H3,(H-,35,37,38,40)/p+1. The Morgan fingerprint density at radius 1 is 1.20 bits per heavy atom. The van der Waals surface area contributed by atoms with Gasteiger partial charge >= 0.3 is 5.96 Å². The van der Waals surface area contributed by atoms with Gasteiger partial charge in [0.25, 0.3) is 0 Å². The van der Waals surface area contributed by atoms with Crippen molar-refractivity contribution in [2.24, 2.45) is 10.9 Å². The number of nitrogens with zero attached hydrogens (tertiary/aromatic N) is 2. The molecule has 1 amide bonds. The normalized spacial score (nSPS) is 24.6. The molecule has 1 aromatic heterocycles. The fraction of sp³-hybridized carbons (Fsp3) is 0.364. The van der Waals surface area contributed by atoms with E-state index in [1.807, 2.05) is 24.4 Å². The molecule has 4 unspecified atom stereocenters. The maximum Gasteiger partial charge on any atom is 0.392 e. The van der Waals surface area contributed by atoms with Crippen LogP contribution in [0.3, 0.4) is 0 Å². The van der Waals surface area contributed by atoms with E-state index in [0.29, 0.717) is 18.2 Å². The molecule has 4 atom stereocenters. The van der Waals surface area contributed by atoms with Crippen molar-refractivity contribution in [1.82, 2.24) is 10.3 Å². The molecule has 2 aliphatic carbocycles. The number of carbonyl (C=O) groups excluding carboxylic acids is 1. The monoisotopic (exact) mass is 554 g/mol. The number of guanidine groups is 1. The van der Waals surface area contributed by atoms with Crippen LogP contribution in [-0.2, 0) is 16.0 Å². The number of benzene rings is 2. The highest BCUT2D eigenvalue weighted by molar-refractivity contribution is 5.91. The molecular weight excluding hydrogens is 517 g/mol. The summed E-state index contributed by atoms with van der Waals surface area (Å²) in [5, 5.41) is 7.52. The van der Waals surface area contributed by atoms with E-state index in [1.165, 1.54) is 17.0 Å². The zero-order valence-corrected chi connectivity index (χ0v) is 23.4. The lowest BCUT2D eigenvalue weighted by Gasteiger charge is -2.27. The van der Waals surface area contributed by atoms with Crippen LogP contribution in [0.2, 0.25) is 0 Å². The van der Waals surface area contributed by atoms with Gasteiger partial charge in [0.1, 0.15) is 17.8 Å². The fourth-order valence-corrected chi connectivity index (χ4v) is 6.04. The molecule has 2 aromatic carbocycles. The molecule has 0 fully saturated rings. The molecule has 0 saturated heterocycles. The van der Waals surface area contributed by atoms with Crippen molar-refractivity contribution in [2.45, 2.75) is 63.6 Å². The lowest BCUT2D eigenvalue weighted by atomic mass is 9.93. The Hall–Kier alpha value is -4.20. The summed E-state index contributed by atoms with van der Waals surface area (Å²) < 4.78 is 22.8. The van der Waals surface area contributed by atoms with Crippen LogP contribution in [0.1, 0.15) is 44.6 Å². The molecule has 8 heteroatoms. The number of rotatable bonds is 8. The summed E-state index contributed by atoms with van der Waals surface area (Å²) in [5.74, 6) is 1.10. The number of anilines is 1. The number of hydrogen-bond acceptors (Lipinski definition) is 4. The van der Waals surface area contributed by atoms with E-state index in [-0.39, 0.29) is 35.8 Å². The number of nitrogens with one attached hydrogen (secondary N) is 3. The Bertz CT molecular complexity index is 1540. The minimum Gasteiger partial charge on any atom is -0.491 e. The van der Waals surface area contributed by atoms with Gasteiger partial charge in [0.05, 0.1) is 11.7 Å². The highest BCUT2D eigenvalue weighted by Crippen LogP contribution is 2.31. The zero-order chi connectivity index (χ0) is 28.2. The second-order valence-electron chi connectivity index (χ2n) is 10.9. The molecule has 7 nitrogen and oxygen atoms in total. The number of aliphatic imine (C=N–C) groups is 1. The van der Waals surface area contributed by atoms with Crippen molar-refractivity contribution < 1.29 is 18.5 Å². The second-order valence-corrected chi connectivity index (χ2v) is 10.9. The van der Waals surface area contributed by atoms with Crippen molar-refractivity contribution in [2.75, 3.05) is 11.9 Å². The van der Waals surface area contributed by atoms with Crippen molar-refractivity contribution >= 4 is 34.7 Å². The third-order valence-electron chi connectivity index (χ3n) is 8.08. The fourth-order valence-electron chi connectivity index (χ4n) is 6.04. The van der Waals surface area contributed by atoms with Crippen LogP contribution in [0, 0.1) is 11.7 Å². The van der Waals surface area contributed by atoms with Crippen molar-refractivity contribution in [1.29, 1.82) is 0 Å². The summed E-state index contributed by atoms with van der Waals surface area (Å²) in [6.45, 7) is 2.68. The molecule has 212 valence electrons. The van der Waals surface area contributed by atoms with Gasteiger partial charge in [0.15, 0.2) is 11.9 Å². The largest absolute Gasteiger partial charge is 0.491 e. The average Bonchev–Trinajstić information content (AvgIpc) is 3.55. The minimum absolute atomic E-state index is 0.00475. The molecule has 0 spiro atoms. The summed E-state index contributed by atoms with van der Waals surface area (Å²) in [4.78, 5) is 21.2. The third-order valence-corrected chi connectivity index (χ3v) is 8.08. The summed E-state index contributed by atoms with van der Waals surface area (Å²) in [5.41, 5.74) is 2.74. The summed E-state index contributed by atoms with van der Waals surface area (Å²) in [6.07, 6.45) is 15.2. The van der Waals surface area contributed by atoms with E-state index < -0.39 is 0 Å². The number of H-pyrrole nitrogens is 1. The third kappa shape index (κ3) is 5.97. The van der Waals surface area contributed by atoms with Crippen LogP contribution in [0.5, 0.6) is 0 Å². The first-order chi connectivity index (χ1) is 20.1. The summed E-state index contributed by atoms with van der Waals surface area (Å²) in [6, 6.07) is 14.9. The molecule has 0 bridgehead atoms. The minimum atomic E-state index is -0.306. The molecule has 41 heavy (non-hydrogen) atoms. The van der Waals surface area contributed by atoms with E-state index in [4.69, 9.17) is 9.73 Å². The molecule has 0 radical (unpaired) electrons. The highest BCUT2D eigenvalue weighted by Gasteiger charge is 2.43. The molecule has 3 N–H and O–H groups in total. The SMILES string of the molecule is CCC=[N+]1C(Nc2ccccc2F)=NC2CC(OC3=CC(C(=O)NCCc4c[nH]c5ccccc45)CCC3)C=CC21. The predicted molar refractivity (Wildman–Crippen MR) is 161 cm³/mol. The number of ether oxygens (including phenoxy) is 1. The van der Waals surface area contributed by atoms with Crippen LogP contribution in [0.15, 0.2) is 83.7 Å². The molecule has 1 aliphatic heterocycles.